The minimum Gasteiger partial charge on any atom is -0.319 e. The first kappa shape index (κ1) is 11.1. The van der Waals surface area contributed by atoms with Gasteiger partial charge in [0.25, 0.3) is 0 Å². The Labute approximate surface area is 92.6 Å². The van der Waals surface area contributed by atoms with Gasteiger partial charge in [-0.15, -0.1) is 0 Å². The van der Waals surface area contributed by atoms with Gasteiger partial charge in [-0.1, -0.05) is 19.8 Å². The molecular formula is C13H23NO. The normalized spacial score (nSPS) is 35.9. The number of hydrogen-bond acceptors (Lipinski definition) is 2. The van der Waals surface area contributed by atoms with E-state index in [-0.39, 0.29) is 5.92 Å². The summed E-state index contributed by atoms with van der Waals surface area (Å²) in [4.78, 5) is 12.3. The van der Waals surface area contributed by atoms with Crippen LogP contribution in [0.5, 0.6) is 0 Å². The lowest BCUT2D eigenvalue weighted by Crippen LogP contribution is -2.50. The third-order valence-electron chi connectivity index (χ3n) is 4.34. The third-order valence-corrected chi connectivity index (χ3v) is 4.34. The molecular weight excluding hydrogens is 186 g/mol. The highest BCUT2D eigenvalue weighted by Gasteiger charge is 2.46. The van der Waals surface area contributed by atoms with Crippen molar-refractivity contribution in [1.29, 1.82) is 0 Å². The van der Waals surface area contributed by atoms with Gasteiger partial charge in [-0.2, -0.15) is 0 Å². The van der Waals surface area contributed by atoms with Gasteiger partial charge in [0.1, 0.15) is 0 Å². The van der Waals surface area contributed by atoms with E-state index in [0.29, 0.717) is 11.7 Å². The second-order valence-electron chi connectivity index (χ2n) is 5.88. The van der Waals surface area contributed by atoms with E-state index in [2.05, 4.69) is 6.92 Å². The maximum Gasteiger partial charge on any atom is 0.155 e. The Bertz CT molecular complexity index is 247. The molecule has 86 valence electrons. The third kappa shape index (κ3) is 2.25. The van der Waals surface area contributed by atoms with E-state index in [1.807, 2.05) is 6.92 Å². The summed E-state index contributed by atoms with van der Waals surface area (Å²) in [7, 11) is 0. The van der Waals surface area contributed by atoms with Gasteiger partial charge in [-0.25, -0.2) is 0 Å². The van der Waals surface area contributed by atoms with Crippen LogP contribution in [0.25, 0.3) is 0 Å². The highest BCUT2D eigenvalue weighted by Crippen LogP contribution is 2.41. The molecule has 2 aliphatic carbocycles. The molecule has 1 unspecified atom stereocenters. The molecule has 0 spiro atoms. The zero-order valence-corrected chi connectivity index (χ0v) is 9.96. The second kappa shape index (κ2) is 3.89. The molecule has 0 aromatic rings. The summed E-state index contributed by atoms with van der Waals surface area (Å²) in [6.07, 6.45) is 6.86. The molecule has 2 heteroatoms. The number of hydrogen-bond donors (Lipinski definition) is 1. The molecule has 0 radical (unpaired) electrons. The van der Waals surface area contributed by atoms with Gasteiger partial charge < -0.3 is 5.73 Å². The van der Waals surface area contributed by atoms with Crippen molar-refractivity contribution in [2.75, 3.05) is 0 Å². The van der Waals surface area contributed by atoms with E-state index in [9.17, 15) is 4.79 Å². The molecule has 0 saturated heterocycles. The summed E-state index contributed by atoms with van der Waals surface area (Å²) in [5.41, 5.74) is 5.66. The molecule has 15 heavy (non-hydrogen) atoms. The minimum atomic E-state index is -0.523. The molecule has 0 heterocycles. The van der Waals surface area contributed by atoms with Crippen LogP contribution in [0.15, 0.2) is 0 Å². The van der Waals surface area contributed by atoms with Crippen molar-refractivity contribution in [2.24, 2.45) is 23.5 Å². The topological polar surface area (TPSA) is 43.1 Å². The lowest BCUT2D eigenvalue weighted by Gasteiger charge is -2.32. The van der Waals surface area contributed by atoms with E-state index in [4.69, 9.17) is 5.73 Å². The number of nitrogens with two attached hydrogens (primary N) is 1. The van der Waals surface area contributed by atoms with Gasteiger partial charge in [0.05, 0.1) is 5.54 Å². The zero-order chi connectivity index (χ0) is 11.1. The Hall–Kier alpha value is -0.370. The largest absolute Gasteiger partial charge is 0.319 e. The molecule has 0 aliphatic heterocycles. The van der Waals surface area contributed by atoms with E-state index in [0.717, 1.165) is 31.6 Å². The highest BCUT2D eigenvalue weighted by molar-refractivity contribution is 5.90. The Kier molecular flexibility index (Phi) is 2.89. The van der Waals surface area contributed by atoms with Crippen molar-refractivity contribution in [3.8, 4) is 0 Å². The number of ketones is 1. The fourth-order valence-corrected chi connectivity index (χ4v) is 2.85. The van der Waals surface area contributed by atoms with E-state index >= 15 is 0 Å². The minimum absolute atomic E-state index is 0.261. The Morgan fingerprint density at radius 3 is 2.13 bits per heavy atom. The van der Waals surface area contributed by atoms with Gasteiger partial charge in [0, 0.05) is 5.92 Å². The van der Waals surface area contributed by atoms with Crippen molar-refractivity contribution < 1.29 is 4.79 Å². The summed E-state index contributed by atoms with van der Waals surface area (Å²) < 4.78 is 0. The monoisotopic (exact) mass is 209 g/mol. The predicted octanol–water partition coefficient (Wildman–Crippen LogP) is 2.51. The van der Waals surface area contributed by atoms with Gasteiger partial charge in [-0.3, -0.25) is 4.79 Å². The molecule has 0 amide bonds. The van der Waals surface area contributed by atoms with Crippen molar-refractivity contribution in [3.05, 3.63) is 0 Å². The molecule has 2 N–H and O–H groups in total. The smallest absolute Gasteiger partial charge is 0.155 e. The first-order valence-electron chi connectivity index (χ1n) is 6.35. The summed E-state index contributed by atoms with van der Waals surface area (Å²) in [6, 6.07) is 0. The van der Waals surface area contributed by atoms with Crippen LogP contribution in [0.3, 0.4) is 0 Å². The van der Waals surface area contributed by atoms with Crippen LogP contribution in [0.1, 0.15) is 52.4 Å². The fourth-order valence-electron chi connectivity index (χ4n) is 2.85. The van der Waals surface area contributed by atoms with Gasteiger partial charge in [-0.05, 0) is 44.4 Å². The zero-order valence-electron chi connectivity index (χ0n) is 9.96. The van der Waals surface area contributed by atoms with Gasteiger partial charge in [0.15, 0.2) is 5.78 Å². The van der Waals surface area contributed by atoms with Crippen LogP contribution in [-0.4, -0.2) is 11.3 Å². The van der Waals surface area contributed by atoms with Gasteiger partial charge in [0.2, 0.25) is 0 Å². The average molecular weight is 209 g/mol. The number of Topliss-reactive ketones (excluding diaryl/α,β-unsaturated/α-hetero) is 1. The molecule has 2 nitrogen and oxygen atoms in total. The second-order valence-corrected chi connectivity index (χ2v) is 5.88. The summed E-state index contributed by atoms with van der Waals surface area (Å²) >= 11 is 0. The molecule has 2 saturated carbocycles. The first-order valence-corrected chi connectivity index (χ1v) is 6.35. The van der Waals surface area contributed by atoms with Crippen LogP contribution in [0.2, 0.25) is 0 Å². The van der Waals surface area contributed by atoms with Crippen molar-refractivity contribution in [1.82, 2.24) is 0 Å². The first-order chi connectivity index (χ1) is 7.01. The van der Waals surface area contributed by atoms with E-state index < -0.39 is 5.54 Å². The average Bonchev–Trinajstić information content (AvgIpc) is 3.01. The summed E-state index contributed by atoms with van der Waals surface area (Å²) in [6.45, 7) is 4.23. The maximum atomic E-state index is 12.3. The number of carbonyl (C=O) groups excluding carboxylic acids is 1. The van der Waals surface area contributed by atoms with E-state index in [1.54, 1.807) is 0 Å². The molecule has 0 aromatic carbocycles. The predicted molar refractivity (Wildman–Crippen MR) is 61.4 cm³/mol. The van der Waals surface area contributed by atoms with Crippen LogP contribution < -0.4 is 5.73 Å². The summed E-state index contributed by atoms with van der Waals surface area (Å²) in [5, 5.41) is 0. The Morgan fingerprint density at radius 2 is 1.67 bits per heavy atom. The lowest BCUT2D eigenvalue weighted by molar-refractivity contribution is -0.129. The van der Waals surface area contributed by atoms with Crippen LogP contribution in [-0.2, 0) is 4.79 Å². The Morgan fingerprint density at radius 1 is 1.13 bits per heavy atom. The quantitative estimate of drug-likeness (QED) is 0.776. The Balaban J connectivity index is 1.95. The number of carbonyl (C=O) groups is 1. The molecule has 1 atom stereocenters. The fraction of sp³-hybridized carbons (Fsp3) is 0.923. The standard InChI is InChI=1S/C13H23NO/c1-9-3-5-10(6-4-9)12(15)13(2,14)11-7-8-11/h9-11H,3-8,14H2,1-2H3. The lowest BCUT2D eigenvalue weighted by atomic mass is 9.75. The van der Waals surface area contributed by atoms with Crippen molar-refractivity contribution in [2.45, 2.75) is 57.9 Å². The molecule has 2 aliphatic rings. The van der Waals surface area contributed by atoms with Crippen LogP contribution in [0, 0.1) is 17.8 Å². The number of rotatable bonds is 3. The van der Waals surface area contributed by atoms with Crippen LogP contribution >= 0.6 is 0 Å². The molecule has 0 bridgehead atoms. The SMILES string of the molecule is CC1CCC(C(=O)C(C)(N)C2CC2)CC1. The molecule has 0 aromatic heterocycles. The van der Waals surface area contributed by atoms with Crippen molar-refractivity contribution >= 4 is 5.78 Å². The van der Waals surface area contributed by atoms with Gasteiger partial charge >= 0.3 is 0 Å². The highest BCUT2D eigenvalue weighted by atomic mass is 16.1. The summed E-state index contributed by atoms with van der Waals surface area (Å²) in [5.74, 6) is 1.89. The van der Waals surface area contributed by atoms with Crippen LogP contribution in [0.4, 0.5) is 0 Å². The molecule has 2 rings (SSSR count). The van der Waals surface area contributed by atoms with E-state index in [1.165, 1.54) is 12.8 Å². The maximum absolute atomic E-state index is 12.3. The van der Waals surface area contributed by atoms with Crippen molar-refractivity contribution in [3.63, 3.8) is 0 Å². The molecule has 2 fully saturated rings.